The monoisotopic (exact) mass is 273 g/mol. The quantitative estimate of drug-likeness (QED) is 0.789. The van der Waals surface area contributed by atoms with Gasteiger partial charge in [-0.2, -0.15) is 0 Å². The number of amides is 1. The summed E-state index contributed by atoms with van der Waals surface area (Å²) in [6.45, 7) is 6.54. The van der Waals surface area contributed by atoms with E-state index in [1.807, 2.05) is 37.3 Å². The van der Waals surface area contributed by atoms with E-state index in [0.29, 0.717) is 5.41 Å². The Morgan fingerprint density at radius 1 is 1.35 bits per heavy atom. The van der Waals surface area contributed by atoms with Crippen LogP contribution in [0.4, 0.5) is 10.5 Å². The van der Waals surface area contributed by atoms with Crippen LogP contribution in [-0.2, 0) is 4.74 Å². The van der Waals surface area contributed by atoms with Crippen LogP contribution in [-0.4, -0.2) is 12.2 Å². The molecular weight excluding hydrogens is 250 g/mol. The predicted molar refractivity (Wildman–Crippen MR) is 81.7 cm³/mol. The minimum Gasteiger partial charge on any atom is -0.441 e. The number of hydrogen-bond acceptors (Lipinski definition) is 2. The Balaban J connectivity index is 1.94. The molecule has 0 aromatic heterocycles. The molecule has 1 aromatic rings. The number of rotatable bonds is 2. The third kappa shape index (κ3) is 3.86. The summed E-state index contributed by atoms with van der Waals surface area (Å²) in [6, 6.07) is 9.38. The molecule has 2 rings (SSSR count). The van der Waals surface area contributed by atoms with Gasteiger partial charge in [0.05, 0.1) is 0 Å². The highest BCUT2D eigenvalue weighted by Crippen LogP contribution is 2.39. The normalized spacial score (nSPS) is 23.4. The third-order valence-electron chi connectivity index (χ3n) is 3.82. The molecule has 1 saturated carbocycles. The standard InChI is InChI=1S/C17H23NO2/c1-4-13-12-17(2,3)11-10-15(13)20-16(19)18-14-8-6-5-7-9-14/h4-9,15H,10-12H2,1-3H3,(H,18,19)/b13-4+. The van der Waals surface area contributed by atoms with Gasteiger partial charge in [0, 0.05) is 5.69 Å². The molecule has 20 heavy (non-hydrogen) atoms. The molecule has 1 aliphatic rings. The molecule has 0 spiro atoms. The second-order valence-electron chi connectivity index (χ2n) is 6.13. The molecule has 1 aliphatic carbocycles. The molecule has 1 amide bonds. The smallest absolute Gasteiger partial charge is 0.412 e. The molecular formula is C17H23NO2. The number of carbonyl (C=O) groups is 1. The van der Waals surface area contributed by atoms with Crippen molar-refractivity contribution in [3.63, 3.8) is 0 Å². The molecule has 1 N–H and O–H groups in total. The zero-order chi connectivity index (χ0) is 14.6. The van der Waals surface area contributed by atoms with Gasteiger partial charge in [-0.25, -0.2) is 4.79 Å². The number of carbonyl (C=O) groups excluding carboxylic acids is 1. The summed E-state index contributed by atoms with van der Waals surface area (Å²) in [5.41, 5.74) is 2.29. The van der Waals surface area contributed by atoms with Crippen molar-refractivity contribution in [3.05, 3.63) is 42.0 Å². The number of nitrogens with one attached hydrogen (secondary N) is 1. The third-order valence-corrected chi connectivity index (χ3v) is 3.82. The highest BCUT2D eigenvalue weighted by atomic mass is 16.6. The summed E-state index contributed by atoms with van der Waals surface area (Å²) in [5.74, 6) is 0. The van der Waals surface area contributed by atoms with Gasteiger partial charge in [-0.05, 0) is 49.3 Å². The van der Waals surface area contributed by atoms with Gasteiger partial charge in [-0.15, -0.1) is 0 Å². The van der Waals surface area contributed by atoms with Crippen LogP contribution in [0.2, 0.25) is 0 Å². The maximum Gasteiger partial charge on any atom is 0.412 e. The molecule has 108 valence electrons. The summed E-state index contributed by atoms with van der Waals surface area (Å²) >= 11 is 0. The van der Waals surface area contributed by atoms with Crippen molar-refractivity contribution in [3.8, 4) is 0 Å². The zero-order valence-electron chi connectivity index (χ0n) is 12.5. The van der Waals surface area contributed by atoms with Crippen molar-refractivity contribution >= 4 is 11.8 Å². The van der Waals surface area contributed by atoms with Gasteiger partial charge in [0.15, 0.2) is 0 Å². The lowest BCUT2D eigenvalue weighted by atomic mass is 9.74. The van der Waals surface area contributed by atoms with E-state index < -0.39 is 0 Å². The molecule has 0 radical (unpaired) electrons. The Bertz CT molecular complexity index is 491. The number of hydrogen-bond donors (Lipinski definition) is 1. The van der Waals surface area contributed by atoms with E-state index >= 15 is 0 Å². The Kier molecular flexibility index (Phi) is 4.48. The molecule has 1 fully saturated rings. The van der Waals surface area contributed by atoms with Crippen LogP contribution in [0.1, 0.15) is 40.0 Å². The first-order chi connectivity index (χ1) is 9.50. The van der Waals surface area contributed by atoms with Gasteiger partial charge >= 0.3 is 6.09 Å². The maximum absolute atomic E-state index is 11.9. The van der Waals surface area contributed by atoms with Crippen LogP contribution < -0.4 is 5.32 Å². The van der Waals surface area contributed by atoms with Crippen LogP contribution >= 0.6 is 0 Å². The Labute approximate surface area is 121 Å². The van der Waals surface area contributed by atoms with Crippen molar-refractivity contribution in [2.75, 3.05) is 5.32 Å². The van der Waals surface area contributed by atoms with E-state index in [1.165, 1.54) is 5.57 Å². The molecule has 0 heterocycles. The number of para-hydroxylation sites is 1. The van der Waals surface area contributed by atoms with E-state index in [-0.39, 0.29) is 12.2 Å². The molecule has 0 aliphatic heterocycles. The van der Waals surface area contributed by atoms with Crippen molar-refractivity contribution in [2.45, 2.75) is 46.1 Å². The molecule has 1 atom stereocenters. The first kappa shape index (κ1) is 14.6. The number of benzene rings is 1. The lowest BCUT2D eigenvalue weighted by molar-refractivity contribution is 0.0923. The fourth-order valence-corrected chi connectivity index (χ4v) is 2.68. The van der Waals surface area contributed by atoms with Gasteiger partial charge in [-0.1, -0.05) is 38.1 Å². The highest BCUT2D eigenvalue weighted by molar-refractivity contribution is 5.84. The van der Waals surface area contributed by atoms with Crippen molar-refractivity contribution in [2.24, 2.45) is 5.41 Å². The summed E-state index contributed by atoms with van der Waals surface area (Å²) in [7, 11) is 0. The average molecular weight is 273 g/mol. The van der Waals surface area contributed by atoms with Gasteiger partial charge in [0.2, 0.25) is 0 Å². The minimum absolute atomic E-state index is 0.0864. The topological polar surface area (TPSA) is 38.3 Å². The van der Waals surface area contributed by atoms with Gasteiger partial charge in [0.25, 0.3) is 0 Å². The number of anilines is 1. The van der Waals surface area contributed by atoms with Crippen molar-refractivity contribution < 1.29 is 9.53 Å². The molecule has 3 nitrogen and oxygen atoms in total. The fourth-order valence-electron chi connectivity index (χ4n) is 2.68. The molecule has 0 bridgehead atoms. The van der Waals surface area contributed by atoms with Crippen LogP contribution in [0.15, 0.2) is 42.0 Å². The van der Waals surface area contributed by atoms with E-state index in [2.05, 4.69) is 25.2 Å². The lowest BCUT2D eigenvalue weighted by Gasteiger charge is -2.36. The molecule has 1 unspecified atom stereocenters. The first-order valence-corrected chi connectivity index (χ1v) is 7.18. The largest absolute Gasteiger partial charge is 0.441 e. The Morgan fingerprint density at radius 3 is 2.70 bits per heavy atom. The summed E-state index contributed by atoms with van der Waals surface area (Å²) < 4.78 is 5.57. The Hall–Kier alpha value is -1.77. The van der Waals surface area contributed by atoms with Gasteiger partial charge in [0.1, 0.15) is 6.10 Å². The predicted octanol–water partition coefficient (Wildman–Crippen LogP) is 4.76. The summed E-state index contributed by atoms with van der Waals surface area (Å²) in [4.78, 5) is 11.9. The van der Waals surface area contributed by atoms with Crippen LogP contribution in [0.3, 0.4) is 0 Å². The second kappa shape index (κ2) is 6.12. The van der Waals surface area contributed by atoms with Crippen LogP contribution in [0.25, 0.3) is 0 Å². The van der Waals surface area contributed by atoms with E-state index in [0.717, 1.165) is 24.9 Å². The highest BCUT2D eigenvalue weighted by Gasteiger charge is 2.32. The zero-order valence-corrected chi connectivity index (χ0v) is 12.5. The van der Waals surface area contributed by atoms with Crippen LogP contribution in [0, 0.1) is 5.41 Å². The summed E-state index contributed by atoms with van der Waals surface area (Å²) in [6.07, 6.45) is 4.59. The van der Waals surface area contributed by atoms with Gasteiger partial charge in [-0.3, -0.25) is 5.32 Å². The fraction of sp³-hybridized carbons (Fsp3) is 0.471. The first-order valence-electron chi connectivity index (χ1n) is 7.18. The van der Waals surface area contributed by atoms with E-state index in [4.69, 9.17) is 4.74 Å². The lowest BCUT2D eigenvalue weighted by Crippen LogP contribution is -2.32. The number of allylic oxidation sites excluding steroid dienone is 1. The summed E-state index contributed by atoms with van der Waals surface area (Å²) in [5, 5.41) is 2.77. The maximum atomic E-state index is 11.9. The SMILES string of the molecule is C/C=C1\CC(C)(C)CCC1OC(=O)Nc1ccccc1. The van der Waals surface area contributed by atoms with E-state index in [9.17, 15) is 4.79 Å². The minimum atomic E-state index is -0.375. The average Bonchev–Trinajstić information content (AvgIpc) is 2.41. The van der Waals surface area contributed by atoms with Crippen LogP contribution in [0.5, 0.6) is 0 Å². The second-order valence-corrected chi connectivity index (χ2v) is 6.13. The molecule has 0 saturated heterocycles. The Morgan fingerprint density at radius 2 is 2.05 bits per heavy atom. The molecule has 1 aromatic carbocycles. The van der Waals surface area contributed by atoms with Gasteiger partial charge < -0.3 is 4.74 Å². The molecule has 3 heteroatoms. The van der Waals surface area contributed by atoms with Crippen molar-refractivity contribution in [1.29, 1.82) is 0 Å². The van der Waals surface area contributed by atoms with Crippen molar-refractivity contribution in [1.82, 2.24) is 0 Å². The number of ether oxygens (including phenoxy) is 1. The van der Waals surface area contributed by atoms with E-state index in [1.54, 1.807) is 0 Å².